The fourth-order valence-corrected chi connectivity index (χ4v) is 3.69. The summed E-state index contributed by atoms with van der Waals surface area (Å²) in [4.78, 5) is 1.38. The van der Waals surface area contributed by atoms with Crippen molar-refractivity contribution >= 4 is 27.7 Å². The second kappa shape index (κ2) is 6.67. The Morgan fingerprint density at radius 1 is 1.31 bits per heavy atom. The summed E-state index contributed by atoms with van der Waals surface area (Å²) in [6.45, 7) is 2.43. The maximum absolute atomic E-state index is 3.51. The smallest absolute Gasteiger partial charge is 0.0186 e. The van der Waals surface area contributed by atoms with Crippen LogP contribution in [0.1, 0.15) is 19.3 Å². The largest absolute Gasteiger partial charge is 0.317 e. The first-order chi connectivity index (χ1) is 7.84. The highest BCUT2D eigenvalue weighted by Gasteiger charge is 2.12. The topological polar surface area (TPSA) is 12.0 Å². The van der Waals surface area contributed by atoms with Crippen LogP contribution in [0, 0.1) is 5.92 Å². The van der Waals surface area contributed by atoms with Gasteiger partial charge in [0.15, 0.2) is 0 Å². The van der Waals surface area contributed by atoms with Crippen molar-refractivity contribution < 1.29 is 0 Å². The maximum Gasteiger partial charge on any atom is 0.0186 e. The number of rotatable bonds is 4. The van der Waals surface area contributed by atoms with Gasteiger partial charge < -0.3 is 5.32 Å². The Kier molecular flexibility index (Phi) is 5.20. The number of benzene rings is 1. The lowest BCUT2D eigenvalue weighted by atomic mass is 9.96. The van der Waals surface area contributed by atoms with Crippen LogP contribution in [-0.2, 0) is 0 Å². The van der Waals surface area contributed by atoms with E-state index in [9.17, 15) is 0 Å². The third kappa shape index (κ3) is 4.11. The average Bonchev–Trinajstić information content (AvgIpc) is 2.30. The first-order valence-corrected chi connectivity index (χ1v) is 7.71. The molecule has 1 N–H and O–H groups in total. The molecule has 1 heterocycles. The molecule has 88 valence electrons. The summed E-state index contributed by atoms with van der Waals surface area (Å²) in [6.07, 6.45) is 4.08. The SMILES string of the molecule is Brc1cccc(SCCC2CCNCC2)c1. The Bertz CT molecular complexity index is 323. The van der Waals surface area contributed by atoms with Crippen LogP contribution in [0.5, 0.6) is 0 Å². The van der Waals surface area contributed by atoms with Crippen LogP contribution in [0.4, 0.5) is 0 Å². The molecular weight excluding hydrogens is 282 g/mol. The van der Waals surface area contributed by atoms with E-state index in [2.05, 4.69) is 45.5 Å². The van der Waals surface area contributed by atoms with Gasteiger partial charge in [0.25, 0.3) is 0 Å². The van der Waals surface area contributed by atoms with Crippen LogP contribution < -0.4 is 5.32 Å². The molecule has 0 unspecified atom stereocenters. The average molecular weight is 300 g/mol. The van der Waals surface area contributed by atoms with Gasteiger partial charge in [-0.3, -0.25) is 0 Å². The predicted octanol–water partition coefficient (Wildman–Crippen LogP) is 3.93. The minimum Gasteiger partial charge on any atom is -0.317 e. The van der Waals surface area contributed by atoms with E-state index in [0.29, 0.717) is 0 Å². The Morgan fingerprint density at radius 2 is 2.12 bits per heavy atom. The van der Waals surface area contributed by atoms with E-state index in [-0.39, 0.29) is 0 Å². The summed E-state index contributed by atoms with van der Waals surface area (Å²) < 4.78 is 1.18. The summed E-state index contributed by atoms with van der Waals surface area (Å²) in [5.41, 5.74) is 0. The lowest BCUT2D eigenvalue weighted by Gasteiger charge is -2.22. The molecule has 1 aliphatic rings. The number of hydrogen-bond donors (Lipinski definition) is 1. The van der Waals surface area contributed by atoms with Gasteiger partial charge in [-0.2, -0.15) is 0 Å². The van der Waals surface area contributed by atoms with Gasteiger partial charge in [0.2, 0.25) is 0 Å². The molecule has 0 amide bonds. The summed E-state index contributed by atoms with van der Waals surface area (Å²) in [5, 5.41) is 3.42. The third-order valence-corrected chi connectivity index (χ3v) is 4.57. The van der Waals surface area contributed by atoms with Gasteiger partial charge >= 0.3 is 0 Å². The van der Waals surface area contributed by atoms with Crippen molar-refractivity contribution in [2.75, 3.05) is 18.8 Å². The van der Waals surface area contributed by atoms with Gasteiger partial charge in [-0.25, -0.2) is 0 Å². The Hall–Kier alpha value is 0.01000. The standard InChI is InChI=1S/C13H18BrNS/c14-12-2-1-3-13(10-12)16-9-6-11-4-7-15-8-5-11/h1-3,10-11,15H,4-9H2. The molecule has 0 saturated carbocycles. The van der Waals surface area contributed by atoms with Crippen molar-refractivity contribution in [3.05, 3.63) is 28.7 Å². The highest BCUT2D eigenvalue weighted by Crippen LogP contribution is 2.25. The van der Waals surface area contributed by atoms with Crippen molar-refractivity contribution in [1.29, 1.82) is 0 Å². The molecule has 1 nitrogen and oxygen atoms in total. The predicted molar refractivity (Wildman–Crippen MR) is 75.1 cm³/mol. The van der Waals surface area contributed by atoms with Gasteiger partial charge in [0.1, 0.15) is 0 Å². The van der Waals surface area contributed by atoms with Gasteiger partial charge in [-0.15, -0.1) is 11.8 Å². The molecule has 3 heteroatoms. The van der Waals surface area contributed by atoms with Crippen LogP contribution in [0.2, 0.25) is 0 Å². The quantitative estimate of drug-likeness (QED) is 0.846. The molecule has 0 aromatic heterocycles. The molecule has 0 bridgehead atoms. The second-order valence-corrected chi connectivity index (χ2v) is 6.37. The summed E-state index contributed by atoms with van der Waals surface area (Å²) in [7, 11) is 0. The fraction of sp³-hybridized carbons (Fsp3) is 0.538. The van der Waals surface area contributed by atoms with Crippen molar-refractivity contribution in [1.82, 2.24) is 5.32 Å². The molecule has 2 rings (SSSR count). The lowest BCUT2D eigenvalue weighted by molar-refractivity contribution is 0.367. The van der Waals surface area contributed by atoms with Crippen LogP contribution in [0.25, 0.3) is 0 Å². The van der Waals surface area contributed by atoms with Gasteiger partial charge in [0.05, 0.1) is 0 Å². The number of hydrogen-bond acceptors (Lipinski definition) is 2. The van der Waals surface area contributed by atoms with E-state index >= 15 is 0 Å². The molecule has 1 aromatic carbocycles. The van der Waals surface area contributed by atoms with Crippen molar-refractivity contribution in [2.45, 2.75) is 24.2 Å². The number of piperidine rings is 1. The minimum absolute atomic E-state index is 0.945. The lowest BCUT2D eigenvalue weighted by Crippen LogP contribution is -2.27. The van der Waals surface area contributed by atoms with Crippen LogP contribution in [0.3, 0.4) is 0 Å². The molecule has 0 spiro atoms. The zero-order chi connectivity index (χ0) is 11.2. The molecule has 1 aliphatic heterocycles. The molecule has 0 aliphatic carbocycles. The van der Waals surface area contributed by atoms with Crippen LogP contribution >= 0.6 is 27.7 Å². The van der Waals surface area contributed by atoms with E-state index < -0.39 is 0 Å². The first-order valence-electron chi connectivity index (χ1n) is 5.94. The molecule has 16 heavy (non-hydrogen) atoms. The molecule has 1 aromatic rings. The van der Waals surface area contributed by atoms with Gasteiger partial charge in [-0.1, -0.05) is 22.0 Å². The number of thioether (sulfide) groups is 1. The maximum atomic E-state index is 3.51. The van der Waals surface area contributed by atoms with E-state index in [4.69, 9.17) is 0 Å². The van der Waals surface area contributed by atoms with E-state index in [0.717, 1.165) is 5.92 Å². The normalized spacial score (nSPS) is 17.6. The fourth-order valence-electron chi connectivity index (χ4n) is 2.07. The zero-order valence-electron chi connectivity index (χ0n) is 9.42. The van der Waals surface area contributed by atoms with Gasteiger partial charge in [0, 0.05) is 9.37 Å². The number of halogens is 1. The summed E-state index contributed by atoms with van der Waals surface area (Å²) >= 11 is 5.49. The molecule has 0 radical (unpaired) electrons. The van der Waals surface area contributed by atoms with Crippen molar-refractivity contribution in [2.24, 2.45) is 5.92 Å². The van der Waals surface area contributed by atoms with E-state index in [1.807, 2.05) is 11.8 Å². The van der Waals surface area contributed by atoms with Crippen LogP contribution in [-0.4, -0.2) is 18.8 Å². The highest BCUT2D eigenvalue weighted by atomic mass is 79.9. The van der Waals surface area contributed by atoms with Crippen LogP contribution in [0.15, 0.2) is 33.6 Å². The molecular formula is C13H18BrNS. The van der Waals surface area contributed by atoms with Crippen molar-refractivity contribution in [3.8, 4) is 0 Å². The monoisotopic (exact) mass is 299 g/mol. The molecule has 1 saturated heterocycles. The first kappa shape index (κ1) is 12.5. The summed E-state index contributed by atoms with van der Waals surface area (Å²) in [5.74, 6) is 2.20. The Labute approximate surface area is 111 Å². The number of nitrogens with one attached hydrogen (secondary N) is 1. The second-order valence-electron chi connectivity index (χ2n) is 4.29. The van der Waals surface area contributed by atoms with E-state index in [1.54, 1.807) is 0 Å². The third-order valence-electron chi connectivity index (χ3n) is 3.05. The summed E-state index contributed by atoms with van der Waals surface area (Å²) in [6, 6.07) is 8.58. The molecule has 0 atom stereocenters. The van der Waals surface area contributed by atoms with E-state index in [1.165, 1.54) is 47.5 Å². The Morgan fingerprint density at radius 3 is 2.88 bits per heavy atom. The van der Waals surface area contributed by atoms with Gasteiger partial charge in [-0.05, 0) is 62.2 Å². The minimum atomic E-state index is 0.945. The highest BCUT2D eigenvalue weighted by molar-refractivity contribution is 9.10. The molecule has 1 fully saturated rings. The Balaban J connectivity index is 1.71. The van der Waals surface area contributed by atoms with Crippen molar-refractivity contribution in [3.63, 3.8) is 0 Å². The zero-order valence-corrected chi connectivity index (χ0v) is 11.8.